The van der Waals surface area contributed by atoms with Crippen LogP contribution in [0.5, 0.6) is 0 Å². The average Bonchev–Trinajstić information content (AvgIpc) is 2.89. The Hall–Kier alpha value is -0.720. The first-order valence-electron chi connectivity index (χ1n) is 6.85. The summed E-state index contributed by atoms with van der Waals surface area (Å²) in [6, 6.07) is 1.78. The molecule has 0 aromatic heterocycles. The number of hydrogen-bond acceptors (Lipinski definition) is 2. The fourth-order valence-corrected chi connectivity index (χ4v) is 4.92. The van der Waals surface area contributed by atoms with E-state index in [1.807, 2.05) is 13.8 Å². The second kappa shape index (κ2) is 6.18. The van der Waals surface area contributed by atoms with Crippen LogP contribution in [-0.4, -0.2) is 25.3 Å². The van der Waals surface area contributed by atoms with Crippen molar-refractivity contribution in [3.63, 3.8) is 0 Å². The van der Waals surface area contributed by atoms with Gasteiger partial charge >= 0.3 is 0 Å². The van der Waals surface area contributed by atoms with Gasteiger partial charge in [0.15, 0.2) is 5.82 Å². The maximum atomic E-state index is 14.3. The second-order valence-electron chi connectivity index (χ2n) is 5.54. The van der Waals surface area contributed by atoms with Crippen molar-refractivity contribution in [1.82, 2.24) is 4.31 Å². The van der Waals surface area contributed by atoms with Crippen LogP contribution in [0.25, 0.3) is 0 Å². The fourth-order valence-electron chi connectivity index (χ4n) is 2.75. The third-order valence-corrected chi connectivity index (χ3v) is 6.10. The maximum absolute atomic E-state index is 14.3. The lowest BCUT2D eigenvalue weighted by atomic mass is 10.0. The van der Waals surface area contributed by atoms with E-state index in [1.54, 1.807) is 0 Å². The molecule has 0 N–H and O–H groups in total. The van der Waals surface area contributed by atoms with E-state index >= 15 is 0 Å². The number of rotatable bonds is 4. The Morgan fingerprint density at radius 2 is 2.05 bits per heavy atom. The second-order valence-corrected chi connectivity index (χ2v) is 7.67. The first-order valence-corrected chi connectivity index (χ1v) is 8.82. The molecule has 0 bridgehead atoms. The predicted octanol–water partition coefficient (Wildman–Crippen LogP) is 3.51. The molecule has 0 amide bonds. The first-order chi connectivity index (χ1) is 9.80. The molecule has 0 aliphatic carbocycles. The minimum atomic E-state index is -3.98. The Bertz CT molecular complexity index is 634. The van der Waals surface area contributed by atoms with Gasteiger partial charge in [-0.1, -0.05) is 13.8 Å². The van der Waals surface area contributed by atoms with E-state index in [1.165, 1.54) is 4.31 Å². The number of alkyl halides is 1. The number of halogens is 3. The molecule has 1 saturated heterocycles. The Morgan fingerprint density at radius 3 is 2.62 bits per heavy atom. The molecule has 0 saturated carbocycles. The molecular formula is C14H18ClF2NO2S. The van der Waals surface area contributed by atoms with Crippen LogP contribution in [0.1, 0.15) is 32.3 Å². The summed E-state index contributed by atoms with van der Waals surface area (Å²) in [6.07, 6.45) is 1.50. The standard InChI is InChI=1S/C14H18ClF2NO2S/c1-9(2)12-4-3-7-18(12)21(19,20)13-6-5-11(16)10(8-15)14(13)17/h5-6,9,12H,3-4,7-8H2,1-2H3. The van der Waals surface area contributed by atoms with Crippen LogP contribution in [0, 0.1) is 17.6 Å². The van der Waals surface area contributed by atoms with Gasteiger partial charge in [-0.3, -0.25) is 0 Å². The molecule has 118 valence electrons. The van der Waals surface area contributed by atoms with Crippen molar-refractivity contribution in [3.8, 4) is 0 Å². The van der Waals surface area contributed by atoms with Crippen LogP contribution in [0.2, 0.25) is 0 Å². The lowest BCUT2D eigenvalue weighted by Crippen LogP contribution is -2.39. The zero-order valence-corrected chi connectivity index (χ0v) is 13.5. The number of nitrogens with zero attached hydrogens (tertiary/aromatic N) is 1. The highest BCUT2D eigenvalue weighted by molar-refractivity contribution is 7.89. The van der Waals surface area contributed by atoms with Crippen LogP contribution in [0.15, 0.2) is 17.0 Å². The van der Waals surface area contributed by atoms with Crippen LogP contribution in [0.4, 0.5) is 8.78 Å². The van der Waals surface area contributed by atoms with Crippen molar-refractivity contribution in [2.75, 3.05) is 6.54 Å². The fraction of sp³-hybridized carbons (Fsp3) is 0.571. The van der Waals surface area contributed by atoms with Gasteiger partial charge in [-0.15, -0.1) is 11.6 Å². The van der Waals surface area contributed by atoms with E-state index in [-0.39, 0.29) is 12.0 Å². The van der Waals surface area contributed by atoms with Gasteiger partial charge < -0.3 is 0 Å². The minimum absolute atomic E-state index is 0.137. The molecule has 3 nitrogen and oxygen atoms in total. The van der Waals surface area contributed by atoms with E-state index in [9.17, 15) is 17.2 Å². The number of benzene rings is 1. The quantitative estimate of drug-likeness (QED) is 0.788. The van der Waals surface area contributed by atoms with Crippen LogP contribution in [-0.2, 0) is 15.9 Å². The highest BCUT2D eigenvalue weighted by atomic mass is 35.5. The third-order valence-electron chi connectivity index (χ3n) is 3.89. The minimum Gasteiger partial charge on any atom is -0.207 e. The van der Waals surface area contributed by atoms with E-state index in [2.05, 4.69) is 0 Å². The molecule has 1 aromatic rings. The molecule has 1 fully saturated rings. The molecule has 0 radical (unpaired) electrons. The summed E-state index contributed by atoms with van der Waals surface area (Å²) in [5, 5.41) is 0. The Kier molecular flexibility index (Phi) is 4.90. The summed E-state index contributed by atoms with van der Waals surface area (Å²) in [6.45, 7) is 4.23. The summed E-state index contributed by atoms with van der Waals surface area (Å²) in [7, 11) is -3.98. The van der Waals surface area contributed by atoms with Gasteiger partial charge in [-0.2, -0.15) is 4.31 Å². The molecule has 1 aromatic carbocycles. The van der Waals surface area contributed by atoms with Crippen LogP contribution in [0.3, 0.4) is 0 Å². The molecule has 2 rings (SSSR count). The highest BCUT2D eigenvalue weighted by Crippen LogP contribution is 2.32. The van der Waals surface area contributed by atoms with Gasteiger partial charge in [0.1, 0.15) is 10.7 Å². The molecule has 1 aliphatic heterocycles. The largest absolute Gasteiger partial charge is 0.246 e. The van der Waals surface area contributed by atoms with Crippen LogP contribution < -0.4 is 0 Å². The Morgan fingerprint density at radius 1 is 1.38 bits per heavy atom. The van der Waals surface area contributed by atoms with E-state index in [0.29, 0.717) is 6.54 Å². The van der Waals surface area contributed by atoms with E-state index in [4.69, 9.17) is 11.6 Å². The summed E-state index contributed by atoms with van der Waals surface area (Å²) in [5.74, 6) is -2.18. The summed E-state index contributed by atoms with van der Waals surface area (Å²) < 4.78 is 54.4. The van der Waals surface area contributed by atoms with Crippen molar-refractivity contribution in [3.05, 3.63) is 29.3 Å². The predicted molar refractivity (Wildman–Crippen MR) is 77.7 cm³/mol. The lowest BCUT2D eigenvalue weighted by Gasteiger charge is -2.27. The van der Waals surface area contributed by atoms with Crippen molar-refractivity contribution >= 4 is 21.6 Å². The topological polar surface area (TPSA) is 37.4 Å². The first kappa shape index (κ1) is 16.6. The Balaban J connectivity index is 2.50. The molecule has 1 aliphatic rings. The Labute approximate surface area is 129 Å². The average molecular weight is 338 g/mol. The molecule has 7 heteroatoms. The van der Waals surface area contributed by atoms with E-state index in [0.717, 1.165) is 25.0 Å². The van der Waals surface area contributed by atoms with Gasteiger partial charge in [0.2, 0.25) is 10.0 Å². The summed E-state index contributed by atoms with van der Waals surface area (Å²) in [5.41, 5.74) is -0.405. The molecule has 1 unspecified atom stereocenters. The van der Waals surface area contributed by atoms with Gasteiger partial charge in [0, 0.05) is 18.2 Å². The molecule has 0 spiro atoms. The number of sulfonamides is 1. The third kappa shape index (κ3) is 2.94. The van der Waals surface area contributed by atoms with Crippen molar-refractivity contribution in [1.29, 1.82) is 0 Å². The van der Waals surface area contributed by atoms with Crippen molar-refractivity contribution in [2.45, 2.75) is 43.5 Å². The molecule has 1 heterocycles. The smallest absolute Gasteiger partial charge is 0.207 e. The summed E-state index contributed by atoms with van der Waals surface area (Å²) >= 11 is 5.51. The van der Waals surface area contributed by atoms with Crippen molar-refractivity contribution < 1.29 is 17.2 Å². The summed E-state index contributed by atoms with van der Waals surface area (Å²) in [4.78, 5) is -0.493. The van der Waals surface area contributed by atoms with E-state index < -0.39 is 38.0 Å². The molecule has 1 atom stereocenters. The van der Waals surface area contributed by atoms with Gasteiger partial charge in [0.05, 0.1) is 5.88 Å². The van der Waals surface area contributed by atoms with Crippen LogP contribution >= 0.6 is 11.6 Å². The van der Waals surface area contributed by atoms with Gasteiger partial charge in [0.25, 0.3) is 0 Å². The molecule has 21 heavy (non-hydrogen) atoms. The monoisotopic (exact) mass is 337 g/mol. The highest BCUT2D eigenvalue weighted by Gasteiger charge is 2.38. The molecular weight excluding hydrogens is 320 g/mol. The van der Waals surface area contributed by atoms with Crippen molar-refractivity contribution in [2.24, 2.45) is 5.92 Å². The zero-order chi connectivity index (χ0) is 15.8. The maximum Gasteiger partial charge on any atom is 0.246 e. The SMILES string of the molecule is CC(C)C1CCCN1S(=O)(=O)c1ccc(F)c(CCl)c1F. The lowest BCUT2D eigenvalue weighted by molar-refractivity contribution is 0.314. The zero-order valence-electron chi connectivity index (χ0n) is 11.9. The normalized spacial score (nSPS) is 20.4. The number of hydrogen-bond donors (Lipinski definition) is 0. The van der Waals surface area contributed by atoms with Gasteiger partial charge in [-0.05, 0) is 30.9 Å². The van der Waals surface area contributed by atoms with Gasteiger partial charge in [-0.25, -0.2) is 17.2 Å².